The van der Waals surface area contributed by atoms with Crippen LogP contribution in [0.4, 0.5) is 0 Å². The van der Waals surface area contributed by atoms with Gasteiger partial charge in [0, 0.05) is 12.6 Å². The molecule has 1 aromatic carbocycles. The molecular weight excluding hydrogens is 284 g/mol. The first-order valence-electron chi connectivity index (χ1n) is 7.76. The van der Waals surface area contributed by atoms with Gasteiger partial charge in [0.2, 0.25) is 10.0 Å². The molecule has 5 heteroatoms. The summed E-state index contributed by atoms with van der Waals surface area (Å²) in [5, 5.41) is 3.32. The molecule has 1 fully saturated rings. The van der Waals surface area contributed by atoms with Crippen LogP contribution in [0.2, 0.25) is 0 Å². The molecule has 2 N–H and O–H groups in total. The highest BCUT2D eigenvalue weighted by atomic mass is 32.2. The van der Waals surface area contributed by atoms with E-state index < -0.39 is 10.0 Å². The standard InChI is InChI=1S/C16H26N2O2S/c1-4-9-17-11-15-10-16(8-5-12(15)2)21(19,20)18-13(3)14-6-7-14/h5,8,10,13-14,17-18H,4,6-7,9,11H2,1-3H3. The highest BCUT2D eigenvalue weighted by Gasteiger charge is 2.31. The second-order valence-electron chi connectivity index (χ2n) is 6.01. The third-order valence-electron chi connectivity index (χ3n) is 4.04. The van der Waals surface area contributed by atoms with Crippen molar-refractivity contribution in [3.05, 3.63) is 29.3 Å². The predicted molar refractivity (Wildman–Crippen MR) is 85.7 cm³/mol. The molecule has 0 saturated heterocycles. The van der Waals surface area contributed by atoms with Crippen LogP contribution in [0.3, 0.4) is 0 Å². The van der Waals surface area contributed by atoms with Gasteiger partial charge in [0.1, 0.15) is 0 Å². The fourth-order valence-corrected chi connectivity index (χ4v) is 3.77. The van der Waals surface area contributed by atoms with E-state index in [0.717, 1.165) is 36.9 Å². The Balaban J connectivity index is 2.12. The molecule has 0 spiro atoms. The lowest BCUT2D eigenvalue weighted by Gasteiger charge is -2.15. The van der Waals surface area contributed by atoms with Crippen molar-refractivity contribution in [2.45, 2.75) is 57.5 Å². The van der Waals surface area contributed by atoms with E-state index in [1.54, 1.807) is 12.1 Å². The first-order valence-corrected chi connectivity index (χ1v) is 9.25. The Labute approximate surface area is 128 Å². The van der Waals surface area contributed by atoms with Crippen molar-refractivity contribution in [1.82, 2.24) is 10.0 Å². The summed E-state index contributed by atoms with van der Waals surface area (Å²) in [6.45, 7) is 7.73. The summed E-state index contributed by atoms with van der Waals surface area (Å²) in [7, 11) is -3.41. The minimum atomic E-state index is -3.41. The second-order valence-corrected chi connectivity index (χ2v) is 7.73. The maximum atomic E-state index is 12.4. The molecule has 0 radical (unpaired) electrons. The van der Waals surface area contributed by atoms with Gasteiger partial charge in [0.05, 0.1) is 4.90 Å². The van der Waals surface area contributed by atoms with Gasteiger partial charge in [-0.3, -0.25) is 0 Å². The minimum absolute atomic E-state index is 0.0259. The monoisotopic (exact) mass is 310 g/mol. The molecule has 4 nitrogen and oxygen atoms in total. The van der Waals surface area contributed by atoms with Crippen molar-refractivity contribution in [3.63, 3.8) is 0 Å². The number of rotatable bonds is 8. The second kappa shape index (κ2) is 6.90. The van der Waals surface area contributed by atoms with E-state index in [1.807, 2.05) is 19.9 Å². The smallest absolute Gasteiger partial charge is 0.240 e. The van der Waals surface area contributed by atoms with Gasteiger partial charge in [-0.2, -0.15) is 0 Å². The largest absolute Gasteiger partial charge is 0.313 e. The molecule has 2 rings (SSSR count). The normalized spacial score (nSPS) is 16.9. The molecule has 0 heterocycles. The van der Waals surface area contributed by atoms with Crippen molar-refractivity contribution >= 4 is 10.0 Å². The van der Waals surface area contributed by atoms with Gasteiger partial charge in [-0.15, -0.1) is 0 Å². The summed E-state index contributed by atoms with van der Waals surface area (Å²) < 4.78 is 27.7. The number of aryl methyl sites for hydroxylation is 1. The molecule has 1 aliphatic carbocycles. The van der Waals surface area contributed by atoms with E-state index in [9.17, 15) is 8.42 Å². The van der Waals surface area contributed by atoms with E-state index >= 15 is 0 Å². The molecular formula is C16H26N2O2S. The Morgan fingerprint density at radius 3 is 2.67 bits per heavy atom. The van der Waals surface area contributed by atoms with Gasteiger partial charge >= 0.3 is 0 Å². The molecule has 118 valence electrons. The fourth-order valence-electron chi connectivity index (χ4n) is 2.41. The van der Waals surface area contributed by atoms with Crippen LogP contribution >= 0.6 is 0 Å². The van der Waals surface area contributed by atoms with E-state index in [1.165, 1.54) is 0 Å². The number of hydrogen-bond acceptors (Lipinski definition) is 3. The summed E-state index contributed by atoms with van der Waals surface area (Å²) in [5.41, 5.74) is 2.16. The third kappa shape index (κ3) is 4.53. The Hall–Kier alpha value is -0.910. The maximum Gasteiger partial charge on any atom is 0.240 e. The summed E-state index contributed by atoms with van der Waals surface area (Å²) in [6, 6.07) is 5.40. The first kappa shape index (κ1) is 16.5. The van der Waals surface area contributed by atoms with Gasteiger partial charge in [-0.1, -0.05) is 13.0 Å². The number of benzene rings is 1. The van der Waals surface area contributed by atoms with Crippen LogP contribution in [-0.4, -0.2) is 21.0 Å². The number of sulfonamides is 1. The average molecular weight is 310 g/mol. The fraction of sp³-hybridized carbons (Fsp3) is 0.625. The lowest BCUT2D eigenvalue weighted by Crippen LogP contribution is -2.34. The van der Waals surface area contributed by atoms with Crippen LogP contribution in [0.15, 0.2) is 23.1 Å². The molecule has 1 saturated carbocycles. The van der Waals surface area contributed by atoms with E-state index in [4.69, 9.17) is 0 Å². The maximum absolute atomic E-state index is 12.4. The number of nitrogens with one attached hydrogen (secondary N) is 2. The van der Waals surface area contributed by atoms with Gasteiger partial charge < -0.3 is 5.32 Å². The lowest BCUT2D eigenvalue weighted by atomic mass is 10.1. The van der Waals surface area contributed by atoms with Crippen LogP contribution in [0.25, 0.3) is 0 Å². The summed E-state index contributed by atoms with van der Waals surface area (Å²) in [5.74, 6) is 0.510. The number of hydrogen-bond donors (Lipinski definition) is 2. The van der Waals surface area contributed by atoms with Crippen molar-refractivity contribution in [3.8, 4) is 0 Å². The SMILES string of the molecule is CCCNCc1cc(S(=O)(=O)NC(C)C2CC2)ccc1C. The van der Waals surface area contributed by atoms with Crippen LogP contribution in [0, 0.1) is 12.8 Å². The highest BCUT2D eigenvalue weighted by Crippen LogP contribution is 2.33. The van der Waals surface area contributed by atoms with Crippen molar-refractivity contribution in [1.29, 1.82) is 0 Å². The molecule has 1 aromatic rings. The van der Waals surface area contributed by atoms with Crippen molar-refractivity contribution in [2.75, 3.05) is 6.54 Å². The van der Waals surface area contributed by atoms with Gasteiger partial charge in [-0.05, 0) is 68.8 Å². The molecule has 0 amide bonds. The first-order chi connectivity index (χ1) is 9.94. The molecule has 0 aromatic heterocycles. The Morgan fingerprint density at radius 1 is 1.33 bits per heavy atom. The molecule has 1 atom stereocenters. The predicted octanol–water partition coefficient (Wildman–Crippen LogP) is 2.57. The molecule has 1 unspecified atom stereocenters. The van der Waals surface area contributed by atoms with Gasteiger partial charge in [0.25, 0.3) is 0 Å². The Morgan fingerprint density at radius 2 is 2.05 bits per heavy atom. The van der Waals surface area contributed by atoms with Crippen LogP contribution < -0.4 is 10.0 Å². The van der Waals surface area contributed by atoms with Gasteiger partial charge in [-0.25, -0.2) is 13.1 Å². The topological polar surface area (TPSA) is 58.2 Å². The third-order valence-corrected chi connectivity index (χ3v) is 5.60. The minimum Gasteiger partial charge on any atom is -0.313 e. The molecule has 0 bridgehead atoms. The average Bonchev–Trinajstić information content (AvgIpc) is 3.24. The van der Waals surface area contributed by atoms with Crippen molar-refractivity contribution < 1.29 is 8.42 Å². The van der Waals surface area contributed by atoms with E-state index in [-0.39, 0.29) is 6.04 Å². The quantitative estimate of drug-likeness (QED) is 0.726. The van der Waals surface area contributed by atoms with Crippen LogP contribution in [-0.2, 0) is 16.6 Å². The van der Waals surface area contributed by atoms with Crippen molar-refractivity contribution in [2.24, 2.45) is 5.92 Å². The molecule has 21 heavy (non-hydrogen) atoms. The molecule has 1 aliphatic rings. The molecule has 0 aliphatic heterocycles. The Bertz CT molecular complexity index is 580. The summed E-state index contributed by atoms with van der Waals surface area (Å²) in [6.07, 6.45) is 3.32. The van der Waals surface area contributed by atoms with Gasteiger partial charge in [0.15, 0.2) is 0 Å². The van der Waals surface area contributed by atoms with Crippen LogP contribution in [0.5, 0.6) is 0 Å². The lowest BCUT2D eigenvalue weighted by molar-refractivity contribution is 0.538. The highest BCUT2D eigenvalue weighted by molar-refractivity contribution is 7.89. The Kier molecular flexibility index (Phi) is 5.41. The zero-order valence-corrected chi connectivity index (χ0v) is 14.0. The zero-order chi connectivity index (χ0) is 15.5. The van der Waals surface area contributed by atoms with E-state index in [0.29, 0.717) is 17.4 Å². The summed E-state index contributed by atoms with van der Waals surface area (Å²) in [4.78, 5) is 0.369. The van der Waals surface area contributed by atoms with Crippen LogP contribution in [0.1, 0.15) is 44.2 Å². The summed E-state index contributed by atoms with van der Waals surface area (Å²) >= 11 is 0. The zero-order valence-electron chi connectivity index (χ0n) is 13.1. The van der Waals surface area contributed by atoms with E-state index in [2.05, 4.69) is 17.0 Å².